The van der Waals surface area contributed by atoms with Crippen molar-refractivity contribution in [1.82, 2.24) is 14.7 Å². The largest absolute Gasteiger partial charge is 0.416 e. The maximum atomic E-state index is 13.8. The van der Waals surface area contributed by atoms with Crippen molar-refractivity contribution in [3.63, 3.8) is 0 Å². The molecular formula is C29H27F3N4O2S. The van der Waals surface area contributed by atoms with E-state index in [-0.39, 0.29) is 18.5 Å². The maximum Gasteiger partial charge on any atom is 0.416 e. The molecule has 2 amide bonds. The quantitative estimate of drug-likeness (QED) is 0.259. The number of nitrogens with zero attached hydrogens (tertiary/aromatic N) is 3. The van der Waals surface area contributed by atoms with Crippen LogP contribution >= 0.6 is 11.3 Å². The molecule has 0 bridgehead atoms. The molecule has 202 valence electrons. The van der Waals surface area contributed by atoms with Gasteiger partial charge in [-0.1, -0.05) is 37.3 Å². The molecule has 1 aliphatic rings. The van der Waals surface area contributed by atoms with Gasteiger partial charge in [-0.25, -0.2) is 0 Å². The predicted molar refractivity (Wildman–Crippen MR) is 145 cm³/mol. The summed E-state index contributed by atoms with van der Waals surface area (Å²) in [5.41, 5.74) is 3.01. The fraction of sp³-hybridized carbons (Fsp3) is 0.276. The predicted octanol–water partition coefficient (Wildman–Crippen LogP) is 6.36. The maximum absolute atomic E-state index is 13.8. The average Bonchev–Trinajstić information content (AvgIpc) is 3.53. The number of alkyl halides is 3. The Balaban J connectivity index is 1.49. The van der Waals surface area contributed by atoms with E-state index in [0.717, 1.165) is 44.1 Å². The minimum Gasteiger partial charge on any atom is -0.372 e. The summed E-state index contributed by atoms with van der Waals surface area (Å²) in [7, 11) is 1.87. The Morgan fingerprint density at radius 3 is 2.26 bits per heavy atom. The van der Waals surface area contributed by atoms with Crippen molar-refractivity contribution in [3.05, 3.63) is 93.5 Å². The van der Waals surface area contributed by atoms with E-state index < -0.39 is 29.6 Å². The molecule has 0 saturated carbocycles. The van der Waals surface area contributed by atoms with E-state index in [4.69, 9.17) is 0 Å². The molecule has 1 atom stereocenters. The summed E-state index contributed by atoms with van der Waals surface area (Å²) in [6, 6.07) is 13.2. The minimum atomic E-state index is -4.53. The number of anilines is 1. The first-order valence-corrected chi connectivity index (χ1v) is 13.4. The number of halogens is 3. The molecule has 2 aromatic carbocycles. The Bertz CT molecular complexity index is 1520. The first-order chi connectivity index (χ1) is 18.6. The van der Waals surface area contributed by atoms with Gasteiger partial charge in [0, 0.05) is 30.1 Å². The molecule has 1 aliphatic heterocycles. The van der Waals surface area contributed by atoms with E-state index in [9.17, 15) is 22.8 Å². The molecule has 10 heteroatoms. The van der Waals surface area contributed by atoms with Gasteiger partial charge in [-0.3, -0.25) is 19.2 Å². The number of carbonyl (C=O) groups is 2. The molecule has 0 fully saturated rings. The standard InChI is InChI=1S/C29H27F3N4O2S/c1-4-18-15-33-35(3)26(18)23-14-25(39-17(23)2)34-20(13-19-9-5-8-12-24(19)29(30,31)32)16-36-27(37)21-10-6-7-11-22(21)28(36)38/h5-12,14-15,20,34H,4,13,16H2,1-3H3/t20-/m0/s1. The average molecular weight is 553 g/mol. The number of aromatic nitrogens is 2. The van der Waals surface area contributed by atoms with Crippen LogP contribution in [0.25, 0.3) is 11.3 Å². The van der Waals surface area contributed by atoms with E-state index in [1.54, 1.807) is 30.3 Å². The zero-order valence-corrected chi connectivity index (χ0v) is 22.5. The minimum absolute atomic E-state index is 0.0404. The van der Waals surface area contributed by atoms with Crippen LogP contribution in [0.5, 0.6) is 0 Å². The highest BCUT2D eigenvalue weighted by atomic mass is 32.1. The number of aryl methyl sites for hydroxylation is 3. The van der Waals surface area contributed by atoms with Gasteiger partial charge in [-0.2, -0.15) is 18.3 Å². The van der Waals surface area contributed by atoms with Crippen LogP contribution in [0.2, 0.25) is 0 Å². The molecule has 0 radical (unpaired) electrons. The lowest BCUT2D eigenvalue weighted by Crippen LogP contribution is -2.41. The number of nitrogens with one attached hydrogen (secondary N) is 1. The molecule has 0 spiro atoms. The van der Waals surface area contributed by atoms with Crippen molar-refractivity contribution >= 4 is 28.2 Å². The first kappa shape index (κ1) is 26.7. The van der Waals surface area contributed by atoms with Crippen LogP contribution < -0.4 is 5.32 Å². The molecule has 3 heterocycles. The van der Waals surface area contributed by atoms with E-state index in [1.165, 1.54) is 23.5 Å². The van der Waals surface area contributed by atoms with Crippen LogP contribution in [0, 0.1) is 6.92 Å². The lowest BCUT2D eigenvalue weighted by molar-refractivity contribution is -0.138. The van der Waals surface area contributed by atoms with Gasteiger partial charge in [0.2, 0.25) is 0 Å². The van der Waals surface area contributed by atoms with Crippen LogP contribution in [0.4, 0.5) is 18.2 Å². The summed E-state index contributed by atoms with van der Waals surface area (Å²) < 4.78 is 43.2. The second-order valence-corrected chi connectivity index (χ2v) is 10.8. The number of amides is 2. The van der Waals surface area contributed by atoms with Crippen molar-refractivity contribution < 1.29 is 22.8 Å². The second kappa shape index (κ2) is 10.3. The zero-order valence-electron chi connectivity index (χ0n) is 21.7. The third-order valence-corrected chi connectivity index (χ3v) is 7.97. The lowest BCUT2D eigenvalue weighted by Gasteiger charge is -2.25. The molecule has 0 unspecified atom stereocenters. The van der Waals surface area contributed by atoms with Gasteiger partial charge in [0.05, 0.1) is 33.6 Å². The fourth-order valence-electron chi connectivity index (χ4n) is 5.11. The monoisotopic (exact) mass is 552 g/mol. The summed E-state index contributed by atoms with van der Waals surface area (Å²) in [5.74, 6) is -0.894. The van der Waals surface area contributed by atoms with E-state index in [0.29, 0.717) is 11.1 Å². The van der Waals surface area contributed by atoms with E-state index in [1.807, 2.05) is 30.9 Å². The number of imide groups is 1. The third kappa shape index (κ3) is 5.08. The summed E-state index contributed by atoms with van der Waals surface area (Å²) >= 11 is 1.47. The molecule has 1 N–H and O–H groups in total. The van der Waals surface area contributed by atoms with Crippen molar-refractivity contribution in [1.29, 1.82) is 0 Å². The SMILES string of the molecule is CCc1cnn(C)c1-c1cc(N[C@@H](Cc2ccccc2C(F)(F)F)CN2C(=O)c3ccccc3C2=O)sc1C. The molecule has 0 aliphatic carbocycles. The summed E-state index contributed by atoms with van der Waals surface area (Å²) in [6.07, 6.45) is -1.93. The van der Waals surface area contributed by atoms with Crippen molar-refractivity contribution in [3.8, 4) is 11.3 Å². The number of hydrogen-bond donors (Lipinski definition) is 1. The van der Waals surface area contributed by atoms with Crippen LogP contribution in [0.3, 0.4) is 0 Å². The van der Waals surface area contributed by atoms with Crippen LogP contribution in [0.1, 0.15) is 49.2 Å². The molecule has 2 aromatic heterocycles. The summed E-state index contributed by atoms with van der Waals surface area (Å²) in [4.78, 5) is 28.3. The van der Waals surface area contributed by atoms with Gasteiger partial charge in [0.15, 0.2) is 0 Å². The van der Waals surface area contributed by atoms with Crippen LogP contribution in [0.15, 0.2) is 60.8 Å². The Morgan fingerprint density at radius 2 is 1.62 bits per heavy atom. The van der Waals surface area contributed by atoms with Gasteiger partial charge in [0.25, 0.3) is 11.8 Å². The van der Waals surface area contributed by atoms with Gasteiger partial charge >= 0.3 is 6.18 Å². The summed E-state index contributed by atoms with van der Waals surface area (Å²) in [5, 5.41) is 8.47. The lowest BCUT2D eigenvalue weighted by atomic mass is 9.99. The smallest absolute Gasteiger partial charge is 0.372 e. The first-order valence-electron chi connectivity index (χ1n) is 12.6. The van der Waals surface area contributed by atoms with E-state index in [2.05, 4.69) is 17.3 Å². The van der Waals surface area contributed by atoms with Crippen LogP contribution in [-0.2, 0) is 26.1 Å². The van der Waals surface area contributed by atoms with Crippen molar-refractivity contribution in [2.75, 3.05) is 11.9 Å². The Hall–Kier alpha value is -3.92. The number of hydrogen-bond acceptors (Lipinski definition) is 5. The Morgan fingerprint density at radius 1 is 0.974 bits per heavy atom. The number of rotatable bonds is 8. The number of carbonyl (C=O) groups excluding carboxylic acids is 2. The van der Waals surface area contributed by atoms with Crippen molar-refractivity contribution in [2.24, 2.45) is 7.05 Å². The van der Waals surface area contributed by atoms with Gasteiger partial charge in [0.1, 0.15) is 0 Å². The topological polar surface area (TPSA) is 67.2 Å². The third-order valence-electron chi connectivity index (χ3n) is 6.98. The molecule has 4 aromatic rings. The normalized spacial score (nSPS) is 14.2. The molecular weight excluding hydrogens is 525 g/mol. The molecule has 0 saturated heterocycles. The highest BCUT2D eigenvalue weighted by molar-refractivity contribution is 7.16. The van der Waals surface area contributed by atoms with E-state index >= 15 is 0 Å². The van der Waals surface area contributed by atoms with Crippen molar-refractivity contribution in [2.45, 2.75) is 38.9 Å². The number of fused-ring (bicyclic) bond motifs is 1. The summed E-state index contributed by atoms with van der Waals surface area (Å²) in [6.45, 7) is 3.95. The second-order valence-electron chi connectivity index (χ2n) is 9.54. The number of benzene rings is 2. The zero-order chi connectivity index (χ0) is 27.9. The van der Waals surface area contributed by atoms with Gasteiger partial charge in [-0.05, 0) is 55.2 Å². The highest BCUT2D eigenvalue weighted by Crippen LogP contribution is 2.37. The molecule has 39 heavy (non-hydrogen) atoms. The molecule has 5 rings (SSSR count). The van der Waals surface area contributed by atoms with Crippen LogP contribution in [-0.4, -0.2) is 39.1 Å². The van der Waals surface area contributed by atoms with Gasteiger partial charge < -0.3 is 5.32 Å². The highest BCUT2D eigenvalue weighted by Gasteiger charge is 2.38. The number of thiophene rings is 1. The molecule has 6 nitrogen and oxygen atoms in total. The van der Waals surface area contributed by atoms with Gasteiger partial charge in [-0.15, -0.1) is 11.3 Å². The fourth-order valence-corrected chi connectivity index (χ4v) is 6.10. The Kier molecular flexibility index (Phi) is 7.07. The Labute approximate surface area is 228 Å².